The molecule has 4 heterocycles. The van der Waals surface area contributed by atoms with E-state index in [1.807, 2.05) is 0 Å². The van der Waals surface area contributed by atoms with E-state index >= 15 is 0 Å². The first kappa shape index (κ1) is 22.2. The topological polar surface area (TPSA) is 95.1 Å². The maximum atomic E-state index is 12.8. The fourth-order valence-corrected chi connectivity index (χ4v) is 9.26. The van der Waals surface area contributed by atoms with Crippen molar-refractivity contribution in [3.05, 3.63) is 17.0 Å². The number of piperazine rings is 1. The summed E-state index contributed by atoms with van der Waals surface area (Å²) in [6.45, 7) is 3.68. The highest BCUT2D eigenvalue weighted by atomic mass is 32.2. The maximum Gasteiger partial charge on any atom is 0.252 e. The van der Waals surface area contributed by atoms with Crippen LogP contribution in [0.4, 0.5) is 0 Å². The van der Waals surface area contributed by atoms with Gasteiger partial charge in [0.15, 0.2) is 9.84 Å². The van der Waals surface area contributed by atoms with Crippen LogP contribution in [0.3, 0.4) is 0 Å². The van der Waals surface area contributed by atoms with Gasteiger partial charge in [0, 0.05) is 50.2 Å². The standard InChI is InChI=1S/C19H29N3O5S3/c23-18(21-11-9-20(10-12-21)16-6-13-29(24,25)15-16)14-17-4-5-19(28-17)30(26,27)22-7-2-1-3-8-22/h4-5,16H,1-3,6-15H2/t16-/m1/s1. The van der Waals surface area contributed by atoms with Crippen LogP contribution in [0.2, 0.25) is 0 Å². The van der Waals surface area contributed by atoms with Gasteiger partial charge in [-0.3, -0.25) is 9.69 Å². The molecule has 0 aliphatic carbocycles. The lowest BCUT2D eigenvalue weighted by atomic mass is 10.2. The highest BCUT2D eigenvalue weighted by Crippen LogP contribution is 2.28. The number of carbonyl (C=O) groups excluding carboxylic acids is 1. The Hall–Kier alpha value is -1.01. The highest BCUT2D eigenvalue weighted by Gasteiger charge is 2.34. The Morgan fingerprint density at radius 2 is 1.73 bits per heavy atom. The minimum atomic E-state index is -3.46. The molecule has 1 amide bonds. The van der Waals surface area contributed by atoms with E-state index in [9.17, 15) is 21.6 Å². The fourth-order valence-electron chi connectivity index (χ4n) is 4.49. The van der Waals surface area contributed by atoms with Crippen LogP contribution in [0.15, 0.2) is 16.3 Å². The minimum absolute atomic E-state index is 0.00235. The van der Waals surface area contributed by atoms with Crippen LogP contribution >= 0.6 is 11.3 Å². The van der Waals surface area contributed by atoms with Gasteiger partial charge >= 0.3 is 0 Å². The van der Waals surface area contributed by atoms with Crippen molar-refractivity contribution in [2.45, 2.75) is 42.4 Å². The lowest BCUT2D eigenvalue weighted by molar-refractivity contribution is -0.132. The van der Waals surface area contributed by atoms with Gasteiger partial charge in [0.25, 0.3) is 10.0 Å². The molecule has 0 spiro atoms. The van der Waals surface area contributed by atoms with Gasteiger partial charge in [0.05, 0.1) is 17.9 Å². The fraction of sp³-hybridized carbons (Fsp3) is 0.737. The lowest BCUT2D eigenvalue weighted by Crippen LogP contribution is -2.52. The number of nitrogens with zero attached hydrogens (tertiary/aromatic N) is 3. The van der Waals surface area contributed by atoms with Crippen molar-refractivity contribution >= 4 is 37.1 Å². The average molecular weight is 476 g/mol. The van der Waals surface area contributed by atoms with Gasteiger partial charge in [0.2, 0.25) is 5.91 Å². The monoisotopic (exact) mass is 475 g/mol. The third-order valence-electron chi connectivity index (χ3n) is 6.26. The molecule has 0 saturated carbocycles. The molecule has 3 fully saturated rings. The molecule has 30 heavy (non-hydrogen) atoms. The SMILES string of the molecule is O=C(Cc1ccc(S(=O)(=O)N2CCCCC2)s1)N1CCN([C@@H]2CCS(=O)(=O)C2)CC1. The summed E-state index contributed by atoms with van der Waals surface area (Å²) in [5.41, 5.74) is 0. The third-order valence-corrected chi connectivity index (χ3v) is 11.5. The number of rotatable bonds is 5. The molecule has 1 aromatic heterocycles. The van der Waals surface area contributed by atoms with Gasteiger partial charge in [-0.05, 0) is 31.4 Å². The second kappa shape index (κ2) is 8.85. The van der Waals surface area contributed by atoms with Crippen LogP contribution in [0, 0.1) is 0 Å². The van der Waals surface area contributed by atoms with Crippen molar-refractivity contribution in [1.82, 2.24) is 14.1 Å². The summed E-state index contributed by atoms with van der Waals surface area (Å²) in [6.07, 6.45) is 3.75. The first-order chi connectivity index (χ1) is 14.2. The van der Waals surface area contributed by atoms with E-state index in [-0.39, 0.29) is 29.9 Å². The van der Waals surface area contributed by atoms with E-state index in [0.717, 1.165) is 24.1 Å². The molecule has 168 valence electrons. The second-order valence-corrected chi connectivity index (χ2v) is 13.9. The predicted molar refractivity (Wildman–Crippen MR) is 116 cm³/mol. The summed E-state index contributed by atoms with van der Waals surface area (Å²) in [5.74, 6) is 0.486. The quantitative estimate of drug-likeness (QED) is 0.625. The molecule has 3 aliphatic rings. The Balaban J connectivity index is 1.31. The molecule has 3 aliphatic heterocycles. The number of hydrogen-bond donors (Lipinski definition) is 0. The van der Waals surface area contributed by atoms with Crippen molar-refractivity contribution in [2.24, 2.45) is 0 Å². The lowest BCUT2D eigenvalue weighted by Gasteiger charge is -2.37. The van der Waals surface area contributed by atoms with Crippen molar-refractivity contribution < 1.29 is 21.6 Å². The zero-order valence-corrected chi connectivity index (χ0v) is 19.5. The van der Waals surface area contributed by atoms with Crippen LogP contribution in [-0.2, 0) is 31.1 Å². The molecule has 1 atom stereocenters. The molecule has 0 radical (unpaired) electrons. The van der Waals surface area contributed by atoms with Crippen LogP contribution in [-0.4, -0.2) is 93.7 Å². The first-order valence-electron chi connectivity index (χ1n) is 10.6. The zero-order chi connectivity index (χ0) is 21.4. The molecule has 0 N–H and O–H groups in total. The summed E-state index contributed by atoms with van der Waals surface area (Å²) in [6, 6.07) is 3.45. The molecular formula is C19H29N3O5S3. The number of thiophene rings is 1. The first-order valence-corrected chi connectivity index (χ1v) is 14.6. The van der Waals surface area contributed by atoms with Gasteiger partial charge in [-0.2, -0.15) is 4.31 Å². The van der Waals surface area contributed by atoms with Crippen LogP contribution in [0.1, 0.15) is 30.6 Å². The van der Waals surface area contributed by atoms with E-state index in [0.29, 0.717) is 49.9 Å². The largest absolute Gasteiger partial charge is 0.340 e. The number of hydrogen-bond acceptors (Lipinski definition) is 7. The normalized spacial score (nSPS) is 26.1. The Bertz CT molecular complexity index is 975. The Labute approximate surface area is 182 Å². The van der Waals surface area contributed by atoms with Gasteiger partial charge in [-0.25, -0.2) is 16.8 Å². The van der Waals surface area contributed by atoms with Crippen LogP contribution < -0.4 is 0 Å². The number of sulfonamides is 1. The predicted octanol–water partition coefficient (Wildman–Crippen LogP) is 0.797. The molecule has 11 heteroatoms. The van der Waals surface area contributed by atoms with E-state index in [2.05, 4.69) is 4.90 Å². The number of sulfone groups is 1. The summed E-state index contributed by atoms with van der Waals surface area (Å²) in [5, 5.41) is 0. The molecule has 0 bridgehead atoms. The highest BCUT2D eigenvalue weighted by molar-refractivity contribution is 7.91. The van der Waals surface area contributed by atoms with E-state index in [4.69, 9.17) is 0 Å². The van der Waals surface area contributed by atoms with E-state index < -0.39 is 19.9 Å². The molecule has 0 aromatic carbocycles. The second-order valence-electron chi connectivity index (χ2n) is 8.34. The van der Waals surface area contributed by atoms with Crippen molar-refractivity contribution in [1.29, 1.82) is 0 Å². The van der Waals surface area contributed by atoms with Gasteiger partial charge in [-0.15, -0.1) is 11.3 Å². The molecule has 1 aromatic rings. The van der Waals surface area contributed by atoms with Crippen LogP contribution in [0.5, 0.6) is 0 Å². The van der Waals surface area contributed by atoms with Crippen molar-refractivity contribution in [3.8, 4) is 0 Å². The molecule has 3 saturated heterocycles. The maximum absolute atomic E-state index is 12.8. The summed E-state index contributed by atoms with van der Waals surface area (Å²) in [4.78, 5) is 17.5. The number of piperidine rings is 1. The van der Waals surface area contributed by atoms with E-state index in [1.165, 1.54) is 11.3 Å². The summed E-state index contributed by atoms with van der Waals surface area (Å²) >= 11 is 1.19. The van der Waals surface area contributed by atoms with Gasteiger partial charge in [0.1, 0.15) is 4.21 Å². The zero-order valence-electron chi connectivity index (χ0n) is 17.0. The summed E-state index contributed by atoms with van der Waals surface area (Å²) < 4.78 is 50.8. The van der Waals surface area contributed by atoms with Crippen molar-refractivity contribution in [2.75, 3.05) is 50.8 Å². The Kier molecular flexibility index (Phi) is 6.55. The van der Waals surface area contributed by atoms with Crippen molar-refractivity contribution in [3.63, 3.8) is 0 Å². The molecule has 0 unspecified atom stereocenters. The summed E-state index contributed by atoms with van der Waals surface area (Å²) in [7, 11) is -6.36. The average Bonchev–Trinajstić information content (AvgIpc) is 3.35. The Morgan fingerprint density at radius 1 is 1.03 bits per heavy atom. The molecule has 8 nitrogen and oxygen atoms in total. The third kappa shape index (κ3) is 4.90. The van der Waals surface area contributed by atoms with E-state index in [1.54, 1.807) is 21.3 Å². The van der Waals surface area contributed by atoms with Crippen LogP contribution in [0.25, 0.3) is 0 Å². The minimum Gasteiger partial charge on any atom is -0.340 e. The number of carbonyl (C=O) groups is 1. The smallest absolute Gasteiger partial charge is 0.252 e. The molecule has 4 rings (SSSR count). The van der Waals surface area contributed by atoms with Gasteiger partial charge in [-0.1, -0.05) is 6.42 Å². The van der Waals surface area contributed by atoms with Gasteiger partial charge < -0.3 is 4.90 Å². The Morgan fingerprint density at radius 3 is 2.37 bits per heavy atom. The molecular weight excluding hydrogens is 446 g/mol. The number of amides is 1.